The molecule has 0 aromatic carbocycles. The van der Waals surface area contributed by atoms with Crippen LogP contribution in [0.1, 0.15) is 26.5 Å². The number of aromatic nitrogens is 2. The highest BCUT2D eigenvalue weighted by Crippen LogP contribution is 2.17. The Hall–Kier alpha value is -1.91. The maximum Gasteiger partial charge on any atom is 0.405 e. The quantitative estimate of drug-likeness (QED) is 0.571. The fourth-order valence-electron chi connectivity index (χ4n) is 1.63. The third-order valence-electron chi connectivity index (χ3n) is 2.43. The summed E-state index contributed by atoms with van der Waals surface area (Å²) in [6.07, 6.45) is -3.60. The lowest BCUT2D eigenvalue weighted by Gasteiger charge is -2.20. The molecule has 11 heteroatoms. The Morgan fingerprint density at radius 3 is 2.46 bits per heavy atom. The van der Waals surface area contributed by atoms with Gasteiger partial charge in [0.15, 0.2) is 0 Å². The zero-order valence-corrected chi connectivity index (χ0v) is 14.7. The SMILES string of the molecule is CC(C)(C)OC(=O)Cn1cnc(C(=N)Br)c(NCC(F)(F)F)c1=O. The van der Waals surface area contributed by atoms with E-state index in [2.05, 4.69) is 20.9 Å². The molecule has 0 bridgehead atoms. The highest BCUT2D eigenvalue weighted by atomic mass is 79.9. The van der Waals surface area contributed by atoms with Gasteiger partial charge >= 0.3 is 12.1 Å². The van der Waals surface area contributed by atoms with Gasteiger partial charge in [-0.15, -0.1) is 0 Å². The standard InChI is InChI=1S/C13H16BrF3N4O3/c1-12(2,3)24-7(22)4-21-6-20-8(10(14)18)9(11(21)23)19-5-13(15,16)17/h6,18-19H,4-5H2,1-3H3. The second-order valence-corrected chi connectivity index (χ2v) is 6.56. The lowest BCUT2D eigenvalue weighted by Crippen LogP contribution is -2.34. The van der Waals surface area contributed by atoms with Crippen molar-refractivity contribution in [3.8, 4) is 0 Å². The summed E-state index contributed by atoms with van der Waals surface area (Å²) in [7, 11) is 0. The Balaban J connectivity index is 3.14. The summed E-state index contributed by atoms with van der Waals surface area (Å²) < 4.78 is 42.6. The number of ether oxygens (including phenoxy) is 1. The molecule has 0 saturated heterocycles. The summed E-state index contributed by atoms with van der Waals surface area (Å²) in [5, 5.41) is 9.35. The van der Waals surface area contributed by atoms with Gasteiger partial charge in [0.25, 0.3) is 5.56 Å². The van der Waals surface area contributed by atoms with Crippen molar-refractivity contribution in [2.45, 2.75) is 39.1 Å². The number of anilines is 1. The van der Waals surface area contributed by atoms with Crippen molar-refractivity contribution >= 4 is 32.2 Å². The number of nitrogens with zero attached hydrogens (tertiary/aromatic N) is 2. The van der Waals surface area contributed by atoms with Gasteiger partial charge in [-0.05, 0) is 36.7 Å². The van der Waals surface area contributed by atoms with Crippen LogP contribution in [0.4, 0.5) is 18.9 Å². The molecule has 0 radical (unpaired) electrons. The number of carbonyl (C=O) groups excluding carboxylic acids is 1. The minimum absolute atomic E-state index is 0.287. The first-order valence-corrected chi connectivity index (χ1v) is 7.46. The zero-order valence-electron chi connectivity index (χ0n) is 13.1. The summed E-state index contributed by atoms with van der Waals surface area (Å²) in [6.45, 7) is 2.92. The fourth-order valence-corrected chi connectivity index (χ4v) is 1.93. The lowest BCUT2D eigenvalue weighted by molar-refractivity contribution is -0.155. The predicted molar refractivity (Wildman–Crippen MR) is 84.6 cm³/mol. The summed E-state index contributed by atoms with van der Waals surface area (Å²) >= 11 is 2.76. The molecule has 0 aliphatic heterocycles. The first-order valence-electron chi connectivity index (χ1n) is 6.66. The van der Waals surface area contributed by atoms with E-state index in [1.165, 1.54) is 0 Å². The molecule has 0 aliphatic carbocycles. The molecule has 1 heterocycles. The Morgan fingerprint density at radius 2 is 2.00 bits per heavy atom. The average molecular weight is 413 g/mol. The van der Waals surface area contributed by atoms with E-state index in [9.17, 15) is 22.8 Å². The number of rotatable bonds is 5. The molecule has 0 spiro atoms. The molecule has 2 N–H and O–H groups in total. The van der Waals surface area contributed by atoms with Crippen molar-refractivity contribution in [1.82, 2.24) is 9.55 Å². The first-order chi connectivity index (χ1) is 10.8. The van der Waals surface area contributed by atoms with E-state index in [0.29, 0.717) is 0 Å². The molecule has 0 unspecified atom stereocenters. The number of nitrogens with one attached hydrogen (secondary N) is 2. The summed E-state index contributed by atoms with van der Waals surface area (Å²) in [5.41, 5.74) is -2.51. The average Bonchev–Trinajstić information content (AvgIpc) is 2.35. The van der Waals surface area contributed by atoms with E-state index in [-0.39, 0.29) is 10.3 Å². The summed E-state index contributed by atoms with van der Waals surface area (Å²) in [4.78, 5) is 27.8. The van der Waals surface area contributed by atoms with Gasteiger partial charge < -0.3 is 10.1 Å². The highest BCUT2D eigenvalue weighted by Gasteiger charge is 2.28. The molecule has 0 amide bonds. The largest absolute Gasteiger partial charge is 0.459 e. The Bertz CT molecular complexity index is 695. The number of hydrogen-bond acceptors (Lipinski definition) is 6. The van der Waals surface area contributed by atoms with Crippen molar-refractivity contribution in [2.75, 3.05) is 11.9 Å². The molecule has 7 nitrogen and oxygen atoms in total. The van der Waals surface area contributed by atoms with E-state index in [0.717, 1.165) is 10.9 Å². The van der Waals surface area contributed by atoms with Gasteiger partial charge in [0.05, 0.1) is 6.33 Å². The number of halogens is 4. The monoisotopic (exact) mass is 412 g/mol. The number of hydrogen-bond donors (Lipinski definition) is 2. The fraction of sp³-hybridized carbons (Fsp3) is 0.538. The zero-order chi connectivity index (χ0) is 18.7. The van der Waals surface area contributed by atoms with Gasteiger partial charge in [0.2, 0.25) is 0 Å². The minimum atomic E-state index is -4.57. The molecular weight excluding hydrogens is 397 g/mol. The topological polar surface area (TPSA) is 97.1 Å². The molecular formula is C13H16BrF3N4O3. The third kappa shape index (κ3) is 6.30. The number of alkyl halides is 3. The smallest absolute Gasteiger partial charge is 0.405 e. The Morgan fingerprint density at radius 1 is 1.42 bits per heavy atom. The minimum Gasteiger partial charge on any atom is -0.459 e. The second-order valence-electron chi connectivity index (χ2n) is 5.77. The van der Waals surface area contributed by atoms with Crippen LogP contribution >= 0.6 is 15.9 Å². The van der Waals surface area contributed by atoms with Crippen molar-refractivity contribution in [1.29, 1.82) is 5.41 Å². The van der Waals surface area contributed by atoms with Gasteiger partial charge in [-0.25, -0.2) is 4.98 Å². The van der Waals surface area contributed by atoms with Gasteiger partial charge in [0.1, 0.15) is 34.7 Å². The molecule has 134 valence electrons. The van der Waals surface area contributed by atoms with Crippen LogP contribution < -0.4 is 10.9 Å². The van der Waals surface area contributed by atoms with Crippen LogP contribution in [0, 0.1) is 5.41 Å². The van der Waals surface area contributed by atoms with E-state index in [1.807, 2.05) is 5.32 Å². The molecule has 0 saturated carbocycles. The second kappa shape index (κ2) is 7.32. The predicted octanol–water partition coefficient (Wildman–Crippen LogP) is 2.28. The molecule has 0 aliphatic rings. The first kappa shape index (κ1) is 20.1. The van der Waals surface area contributed by atoms with E-state index < -0.39 is 42.1 Å². The van der Waals surface area contributed by atoms with Gasteiger partial charge in [-0.1, -0.05) is 0 Å². The lowest BCUT2D eigenvalue weighted by atomic mass is 10.2. The van der Waals surface area contributed by atoms with Crippen molar-refractivity contribution in [3.63, 3.8) is 0 Å². The normalized spacial score (nSPS) is 12.0. The van der Waals surface area contributed by atoms with Crippen LogP contribution in [0.15, 0.2) is 11.1 Å². The van der Waals surface area contributed by atoms with Crippen LogP contribution in [-0.2, 0) is 16.1 Å². The molecule has 0 fully saturated rings. The summed E-state index contributed by atoms with van der Waals surface area (Å²) in [5.74, 6) is -0.741. The van der Waals surface area contributed by atoms with Gasteiger partial charge in [-0.2, -0.15) is 13.2 Å². The Kier molecular flexibility index (Phi) is 6.15. The van der Waals surface area contributed by atoms with Crippen LogP contribution in [0.5, 0.6) is 0 Å². The molecule has 1 aromatic rings. The van der Waals surface area contributed by atoms with Gasteiger partial charge in [0, 0.05) is 0 Å². The van der Waals surface area contributed by atoms with Crippen LogP contribution in [0.3, 0.4) is 0 Å². The Labute approximate surface area is 143 Å². The highest BCUT2D eigenvalue weighted by molar-refractivity contribution is 9.18. The summed E-state index contributed by atoms with van der Waals surface area (Å²) in [6, 6.07) is 0. The maximum atomic E-state index is 12.4. The molecule has 24 heavy (non-hydrogen) atoms. The molecule has 0 atom stereocenters. The molecule has 1 aromatic heterocycles. The third-order valence-corrected chi connectivity index (χ3v) is 2.81. The number of carbonyl (C=O) groups is 1. The van der Waals surface area contributed by atoms with Crippen molar-refractivity contribution in [3.05, 3.63) is 22.4 Å². The van der Waals surface area contributed by atoms with E-state index in [4.69, 9.17) is 10.1 Å². The van der Waals surface area contributed by atoms with Crippen LogP contribution in [0.2, 0.25) is 0 Å². The van der Waals surface area contributed by atoms with Crippen LogP contribution in [0.25, 0.3) is 0 Å². The van der Waals surface area contributed by atoms with E-state index >= 15 is 0 Å². The van der Waals surface area contributed by atoms with Gasteiger partial charge in [-0.3, -0.25) is 19.6 Å². The maximum absolute atomic E-state index is 12.4. The van der Waals surface area contributed by atoms with Crippen LogP contribution in [-0.4, -0.2) is 38.5 Å². The van der Waals surface area contributed by atoms with Crippen molar-refractivity contribution in [2.24, 2.45) is 0 Å². The molecule has 1 rings (SSSR count). The number of esters is 1. The van der Waals surface area contributed by atoms with Crippen molar-refractivity contribution < 1.29 is 22.7 Å². The van der Waals surface area contributed by atoms with E-state index in [1.54, 1.807) is 20.8 Å².